The lowest BCUT2D eigenvalue weighted by Crippen LogP contribution is -2.34. The highest BCUT2D eigenvalue weighted by molar-refractivity contribution is 6.06. The first-order chi connectivity index (χ1) is 8.11. The van der Waals surface area contributed by atoms with E-state index < -0.39 is 6.04 Å². The van der Waals surface area contributed by atoms with Gasteiger partial charge in [0, 0.05) is 12.2 Å². The Morgan fingerprint density at radius 2 is 1.94 bits per heavy atom. The molecule has 4 heteroatoms. The number of nitrogens with zero attached hydrogens (tertiary/aromatic N) is 1. The number of amides is 2. The van der Waals surface area contributed by atoms with Crippen LogP contribution in [0.25, 0.3) is 0 Å². The molecule has 0 aliphatic carbocycles. The number of hydrogen-bond acceptors (Lipinski definition) is 3. The number of likely N-dealkylation sites (N-methyl/N-ethyl adjacent to an activating group) is 1. The van der Waals surface area contributed by atoms with E-state index in [1.54, 1.807) is 0 Å². The zero-order valence-corrected chi connectivity index (χ0v) is 10.1. The number of carbonyl (C=O) groups is 2. The van der Waals surface area contributed by atoms with Crippen LogP contribution in [0.2, 0.25) is 0 Å². The Balaban J connectivity index is 2.08. The van der Waals surface area contributed by atoms with Gasteiger partial charge in [0.25, 0.3) is 5.91 Å². The van der Waals surface area contributed by atoms with Gasteiger partial charge in [0.1, 0.15) is 6.04 Å². The number of likely N-dealkylation sites (tertiary alicyclic amines) is 1. The van der Waals surface area contributed by atoms with Crippen LogP contribution in [0.4, 0.5) is 5.69 Å². The standard InChI is InChI=1S/C13H16N2O2/c1-3-15-12(16)8-11(13(15)17)14-10-6-4-9(2)5-7-10/h4-7,11,14H,3,8H2,1-2H3. The van der Waals surface area contributed by atoms with Crippen LogP contribution >= 0.6 is 0 Å². The Hall–Kier alpha value is -1.84. The van der Waals surface area contributed by atoms with Crippen LogP contribution in [0.15, 0.2) is 24.3 Å². The van der Waals surface area contributed by atoms with Gasteiger partial charge in [-0.25, -0.2) is 0 Å². The van der Waals surface area contributed by atoms with Gasteiger partial charge in [0.2, 0.25) is 5.91 Å². The Kier molecular flexibility index (Phi) is 3.13. The minimum Gasteiger partial charge on any atom is -0.373 e. The maximum absolute atomic E-state index is 11.9. The minimum atomic E-state index is -0.412. The smallest absolute Gasteiger partial charge is 0.252 e. The second-order valence-electron chi connectivity index (χ2n) is 4.24. The molecule has 1 aromatic carbocycles. The van der Waals surface area contributed by atoms with Gasteiger partial charge in [-0.05, 0) is 26.0 Å². The first-order valence-corrected chi connectivity index (χ1v) is 5.79. The van der Waals surface area contributed by atoms with Crippen LogP contribution in [-0.2, 0) is 9.59 Å². The predicted octanol–water partition coefficient (Wildman–Crippen LogP) is 1.55. The molecule has 0 radical (unpaired) electrons. The van der Waals surface area contributed by atoms with Crippen LogP contribution < -0.4 is 5.32 Å². The molecule has 0 spiro atoms. The fraction of sp³-hybridized carbons (Fsp3) is 0.385. The third kappa shape index (κ3) is 2.30. The summed E-state index contributed by atoms with van der Waals surface area (Å²) in [6.07, 6.45) is 0.251. The van der Waals surface area contributed by atoms with Crippen molar-refractivity contribution in [3.8, 4) is 0 Å². The molecule has 0 bridgehead atoms. The van der Waals surface area contributed by atoms with Gasteiger partial charge in [0.05, 0.1) is 6.42 Å². The van der Waals surface area contributed by atoms with Crippen molar-refractivity contribution in [2.75, 3.05) is 11.9 Å². The SMILES string of the molecule is CCN1C(=O)CC(Nc2ccc(C)cc2)C1=O. The molecule has 4 nitrogen and oxygen atoms in total. The summed E-state index contributed by atoms with van der Waals surface area (Å²) in [6.45, 7) is 4.26. The highest BCUT2D eigenvalue weighted by Crippen LogP contribution is 2.18. The summed E-state index contributed by atoms with van der Waals surface area (Å²) < 4.78 is 0. The Morgan fingerprint density at radius 3 is 2.47 bits per heavy atom. The molecule has 2 amide bonds. The summed E-state index contributed by atoms with van der Waals surface area (Å²) in [5.74, 6) is -0.222. The molecule has 1 N–H and O–H groups in total. The monoisotopic (exact) mass is 232 g/mol. The maximum atomic E-state index is 11.9. The molecule has 0 aromatic heterocycles. The van der Waals surface area contributed by atoms with E-state index in [9.17, 15) is 9.59 Å². The molecule has 1 fully saturated rings. The van der Waals surface area contributed by atoms with Gasteiger partial charge >= 0.3 is 0 Å². The molecular weight excluding hydrogens is 216 g/mol. The average Bonchev–Trinajstić information content (AvgIpc) is 2.57. The summed E-state index contributed by atoms with van der Waals surface area (Å²) in [5, 5.41) is 3.10. The van der Waals surface area contributed by atoms with E-state index in [0.717, 1.165) is 5.69 Å². The van der Waals surface area contributed by atoms with Gasteiger partial charge in [0.15, 0.2) is 0 Å². The van der Waals surface area contributed by atoms with Gasteiger partial charge in [-0.2, -0.15) is 0 Å². The number of rotatable bonds is 3. The molecule has 2 rings (SSSR count). The average molecular weight is 232 g/mol. The summed E-state index contributed by atoms with van der Waals surface area (Å²) in [5.41, 5.74) is 2.04. The van der Waals surface area contributed by atoms with E-state index in [-0.39, 0.29) is 18.2 Å². The number of aryl methyl sites for hydroxylation is 1. The predicted molar refractivity (Wildman–Crippen MR) is 65.6 cm³/mol. The molecule has 17 heavy (non-hydrogen) atoms. The van der Waals surface area contributed by atoms with E-state index in [1.165, 1.54) is 10.5 Å². The third-order valence-electron chi connectivity index (χ3n) is 2.95. The fourth-order valence-electron chi connectivity index (χ4n) is 1.98. The van der Waals surface area contributed by atoms with Gasteiger partial charge in [-0.15, -0.1) is 0 Å². The van der Waals surface area contributed by atoms with E-state index in [1.807, 2.05) is 38.1 Å². The van der Waals surface area contributed by atoms with Gasteiger partial charge < -0.3 is 5.32 Å². The first-order valence-electron chi connectivity index (χ1n) is 5.79. The Morgan fingerprint density at radius 1 is 1.29 bits per heavy atom. The van der Waals surface area contributed by atoms with Gasteiger partial charge in [-0.1, -0.05) is 17.7 Å². The molecule has 1 atom stereocenters. The molecule has 1 aliphatic heterocycles. The molecule has 90 valence electrons. The number of carbonyl (C=O) groups excluding carboxylic acids is 2. The fourth-order valence-corrected chi connectivity index (χ4v) is 1.98. The van der Waals surface area contributed by atoms with Crippen molar-refractivity contribution in [3.05, 3.63) is 29.8 Å². The molecule has 1 aromatic rings. The van der Waals surface area contributed by atoms with Crippen LogP contribution in [0.1, 0.15) is 18.9 Å². The second-order valence-corrected chi connectivity index (χ2v) is 4.24. The van der Waals surface area contributed by atoms with Gasteiger partial charge in [-0.3, -0.25) is 14.5 Å². The molecule has 0 saturated carbocycles. The summed E-state index contributed by atoms with van der Waals surface area (Å²) in [4.78, 5) is 24.7. The highest BCUT2D eigenvalue weighted by atomic mass is 16.2. The third-order valence-corrected chi connectivity index (χ3v) is 2.95. The van der Waals surface area contributed by atoms with Crippen LogP contribution in [0, 0.1) is 6.92 Å². The quantitative estimate of drug-likeness (QED) is 0.804. The van der Waals surface area contributed by atoms with Crippen molar-refractivity contribution in [3.63, 3.8) is 0 Å². The molecule has 1 unspecified atom stereocenters. The highest BCUT2D eigenvalue weighted by Gasteiger charge is 2.37. The topological polar surface area (TPSA) is 49.4 Å². The van der Waals surface area contributed by atoms with Crippen LogP contribution in [0.5, 0.6) is 0 Å². The summed E-state index contributed by atoms with van der Waals surface area (Å²) in [6, 6.07) is 7.37. The first kappa shape index (κ1) is 11.6. The summed E-state index contributed by atoms with van der Waals surface area (Å²) in [7, 11) is 0. The summed E-state index contributed by atoms with van der Waals surface area (Å²) >= 11 is 0. The van der Waals surface area contributed by atoms with Crippen molar-refractivity contribution in [2.45, 2.75) is 26.3 Å². The number of hydrogen-bond donors (Lipinski definition) is 1. The molecule has 1 heterocycles. The largest absolute Gasteiger partial charge is 0.373 e. The minimum absolute atomic E-state index is 0.0953. The molecule has 1 aliphatic rings. The Labute approximate surface area is 101 Å². The molecule has 1 saturated heterocycles. The van der Waals surface area contributed by atoms with Crippen molar-refractivity contribution in [1.82, 2.24) is 4.90 Å². The lowest BCUT2D eigenvalue weighted by atomic mass is 10.2. The number of benzene rings is 1. The number of nitrogens with one attached hydrogen (secondary N) is 1. The van der Waals surface area contributed by atoms with Crippen molar-refractivity contribution >= 4 is 17.5 Å². The van der Waals surface area contributed by atoms with Crippen molar-refractivity contribution < 1.29 is 9.59 Å². The maximum Gasteiger partial charge on any atom is 0.252 e. The van der Waals surface area contributed by atoms with Crippen molar-refractivity contribution in [2.24, 2.45) is 0 Å². The zero-order chi connectivity index (χ0) is 12.4. The zero-order valence-electron chi connectivity index (χ0n) is 10.1. The Bertz CT molecular complexity index is 439. The van der Waals surface area contributed by atoms with E-state index >= 15 is 0 Å². The lowest BCUT2D eigenvalue weighted by molar-refractivity contribution is -0.138. The lowest BCUT2D eigenvalue weighted by Gasteiger charge is -2.14. The van der Waals surface area contributed by atoms with Crippen molar-refractivity contribution in [1.29, 1.82) is 0 Å². The van der Waals surface area contributed by atoms with E-state index in [4.69, 9.17) is 0 Å². The molecular formula is C13H16N2O2. The van der Waals surface area contributed by atoms with E-state index in [0.29, 0.717) is 6.54 Å². The van der Waals surface area contributed by atoms with E-state index in [2.05, 4.69) is 5.32 Å². The van der Waals surface area contributed by atoms with Crippen LogP contribution in [0.3, 0.4) is 0 Å². The second kappa shape index (κ2) is 4.57. The number of imide groups is 1. The van der Waals surface area contributed by atoms with Crippen LogP contribution in [-0.4, -0.2) is 29.3 Å². The normalized spacial score (nSPS) is 19.9. The number of anilines is 1.